The van der Waals surface area contributed by atoms with E-state index in [0.29, 0.717) is 5.56 Å². The minimum Gasteiger partial charge on any atom is -0.288 e. The maximum Gasteiger partial charge on any atom is 0.203 e. The summed E-state index contributed by atoms with van der Waals surface area (Å²) in [7, 11) is 0. The lowest BCUT2D eigenvalue weighted by atomic mass is 10.0. The molecule has 0 bridgehead atoms. The zero-order valence-electron chi connectivity index (χ0n) is 12.1. The number of nitrogens with zero attached hydrogens (tertiary/aromatic N) is 2. The third kappa shape index (κ3) is 2.53. The molecule has 0 saturated heterocycles. The van der Waals surface area contributed by atoms with Crippen molar-refractivity contribution in [1.29, 1.82) is 0 Å². The van der Waals surface area contributed by atoms with Crippen molar-refractivity contribution in [2.24, 2.45) is 0 Å². The molecule has 3 nitrogen and oxygen atoms in total. The molecule has 2 heterocycles. The lowest BCUT2D eigenvalue weighted by Gasteiger charge is -2.06. The number of hydrogen-bond acceptors (Lipinski definition) is 4. The Morgan fingerprint density at radius 1 is 0.913 bits per heavy atom. The smallest absolute Gasteiger partial charge is 0.203 e. The van der Waals surface area contributed by atoms with Crippen molar-refractivity contribution in [3.05, 3.63) is 82.8 Å². The molecule has 0 N–H and O–H groups in total. The van der Waals surface area contributed by atoms with Gasteiger partial charge in [-0.1, -0.05) is 42.5 Å². The molecule has 0 unspecified atom stereocenters. The third-order valence-electron chi connectivity index (χ3n) is 3.69. The molecule has 0 saturated carbocycles. The van der Waals surface area contributed by atoms with Gasteiger partial charge >= 0.3 is 0 Å². The van der Waals surface area contributed by atoms with Crippen LogP contribution in [0.25, 0.3) is 22.2 Å². The Morgan fingerprint density at radius 2 is 1.78 bits per heavy atom. The van der Waals surface area contributed by atoms with E-state index in [1.165, 1.54) is 11.3 Å². The average Bonchev–Trinajstić information content (AvgIpc) is 3.15. The SMILES string of the molecule is O=C(c1ccc2c(-c3ccccc3)ncnc2c1)c1cccs1. The number of aromatic nitrogens is 2. The quantitative estimate of drug-likeness (QED) is 0.519. The van der Waals surface area contributed by atoms with E-state index < -0.39 is 0 Å². The molecule has 2 aromatic carbocycles. The Bertz CT molecular complexity index is 979. The number of benzene rings is 2. The Kier molecular flexibility index (Phi) is 3.44. The first-order valence-electron chi connectivity index (χ1n) is 7.21. The topological polar surface area (TPSA) is 42.9 Å². The van der Waals surface area contributed by atoms with Crippen molar-refractivity contribution < 1.29 is 4.79 Å². The van der Waals surface area contributed by atoms with Gasteiger partial charge in [0, 0.05) is 16.5 Å². The largest absolute Gasteiger partial charge is 0.288 e. The first-order valence-corrected chi connectivity index (χ1v) is 8.09. The molecular formula is C19H12N2OS. The summed E-state index contributed by atoms with van der Waals surface area (Å²) in [6.45, 7) is 0. The van der Waals surface area contributed by atoms with Crippen molar-refractivity contribution in [1.82, 2.24) is 9.97 Å². The van der Waals surface area contributed by atoms with E-state index in [4.69, 9.17) is 0 Å². The maximum absolute atomic E-state index is 12.5. The summed E-state index contributed by atoms with van der Waals surface area (Å²) in [4.78, 5) is 22.0. The second kappa shape index (κ2) is 5.74. The van der Waals surface area contributed by atoms with Gasteiger partial charge in [0.1, 0.15) is 6.33 Å². The Labute approximate surface area is 137 Å². The van der Waals surface area contributed by atoms with Crippen molar-refractivity contribution in [2.75, 3.05) is 0 Å². The normalized spacial score (nSPS) is 10.8. The van der Waals surface area contributed by atoms with Crippen molar-refractivity contribution >= 4 is 28.0 Å². The molecule has 0 atom stereocenters. The van der Waals surface area contributed by atoms with E-state index >= 15 is 0 Å². The highest BCUT2D eigenvalue weighted by Crippen LogP contribution is 2.26. The Hall–Kier alpha value is -2.85. The number of thiophene rings is 1. The highest BCUT2D eigenvalue weighted by molar-refractivity contribution is 7.12. The summed E-state index contributed by atoms with van der Waals surface area (Å²) in [5.74, 6) is 0.0294. The molecule has 2 aromatic heterocycles. The zero-order chi connectivity index (χ0) is 15.6. The van der Waals surface area contributed by atoms with Crippen LogP contribution in [0.5, 0.6) is 0 Å². The molecule has 23 heavy (non-hydrogen) atoms. The lowest BCUT2D eigenvalue weighted by Crippen LogP contribution is -1.99. The van der Waals surface area contributed by atoms with Gasteiger partial charge in [-0.2, -0.15) is 0 Å². The fourth-order valence-corrected chi connectivity index (χ4v) is 3.26. The fraction of sp³-hybridized carbons (Fsp3) is 0. The zero-order valence-corrected chi connectivity index (χ0v) is 13.0. The molecule has 4 heteroatoms. The van der Waals surface area contributed by atoms with E-state index in [2.05, 4.69) is 9.97 Å². The van der Waals surface area contributed by atoms with Crippen LogP contribution in [-0.4, -0.2) is 15.8 Å². The van der Waals surface area contributed by atoms with Gasteiger partial charge in [-0.3, -0.25) is 4.79 Å². The molecule has 110 valence electrons. The monoisotopic (exact) mass is 316 g/mol. The van der Waals surface area contributed by atoms with E-state index in [1.54, 1.807) is 6.33 Å². The molecule has 0 fully saturated rings. The van der Waals surface area contributed by atoms with Crippen LogP contribution >= 0.6 is 11.3 Å². The minimum atomic E-state index is 0.0294. The number of ketones is 1. The van der Waals surface area contributed by atoms with Gasteiger partial charge in [-0.25, -0.2) is 9.97 Å². The first-order chi connectivity index (χ1) is 11.3. The molecule has 4 rings (SSSR count). The second-order valence-corrected chi connectivity index (χ2v) is 6.07. The Morgan fingerprint density at radius 3 is 2.57 bits per heavy atom. The van der Waals surface area contributed by atoms with Crippen LogP contribution in [0, 0.1) is 0 Å². The standard InChI is InChI=1S/C19H12N2OS/c22-19(17-7-4-10-23-17)14-8-9-15-16(11-14)20-12-21-18(15)13-5-2-1-3-6-13/h1-12H. The summed E-state index contributed by atoms with van der Waals surface area (Å²) in [6.07, 6.45) is 1.55. The van der Waals surface area contributed by atoms with Crippen LogP contribution < -0.4 is 0 Å². The molecule has 0 aliphatic heterocycles. The first kappa shape index (κ1) is 13.8. The number of carbonyl (C=O) groups is 1. The fourth-order valence-electron chi connectivity index (χ4n) is 2.57. The van der Waals surface area contributed by atoms with Crippen LogP contribution in [0.3, 0.4) is 0 Å². The van der Waals surface area contributed by atoms with Crippen molar-refractivity contribution in [3.63, 3.8) is 0 Å². The molecule has 0 aliphatic carbocycles. The second-order valence-electron chi connectivity index (χ2n) is 5.13. The third-order valence-corrected chi connectivity index (χ3v) is 4.56. The number of hydrogen-bond donors (Lipinski definition) is 0. The van der Waals surface area contributed by atoms with Gasteiger partial charge in [0.2, 0.25) is 5.78 Å². The van der Waals surface area contributed by atoms with E-state index in [1.807, 2.05) is 66.0 Å². The van der Waals surface area contributed by atoms with Gasteiger partial charge < -0.3 is 0 Å². The molecule has 0 amide bonds. The summed E-state index contributed by atoms with van der Waals surface area (Å²) in [6, 6.07) is 19.3. The van der Waals surface area contributed by atoms with Crippen LogP contribution in [0.4, 0.5) is 0 Å². The van der Waals surface area contributed by atoms with Gasteiger partial charge in [0.05, 0.1) is 16.1 Å². The van der Waals surface area contributed by atoms with Crippen LogP contribution in [0.1, 0.15) is 15.2 Å². The average molecular weight is 316 g/mol. The van der Waals surface area contributed by atoms with Gasteiger partial charge in [0.15, 0.2) is 0 Å². The number of fused-ring (bicyclic) bond motifs is 1. The van der Waals surface area contributed by atoms with Gasteiger partial charge in [-0.15, -0.1) is 11.3 Å². The van der Waals surface area contributed by atoms with Crippen molar-refractivity contribution in [3.8, 4) is 11.3 Å². The number of carbonyl (C=O) groups excluding carboxylic acids is 1. The summed E-state index contributed by atoms with van der Waals surface area (Å²) in [5.41, 5.74) is 3.35. The van der Waals surface area contributed by atoms with Gasteiger partial charge in [0.25, 0.3) is 0 Å². The van der Waals surface area contributed by atoms with Crippen LogP contribution in [0.2, 0.25) is 0 Å². The molecular weight excluding hydrogens is 304 g/mol. The molecule has 0 spiro atoms. The molecule has 0 aliphatic rings. The van der Waals surface area contributed by atoms with Crippen LogP contribution in [-0.2, 0) is 0 Å². The highest BCUT2D eigenvalue weighted by Gasteiger charge is 2.12. The van der Waals surface area contributed by atoms with Crippen molar-refractivity contribution in [2.45, 2.75) is 0 Å². The van der Waals surface area contributed by atoms with Gasteiger partial charge in [-0.05, 0) is 23.6 Å². The predicted octanol–water partition coefficient (Wildman–Crippen LogP) is 4.59. The Balaban J connectivity index is 1.84. The molecule has 4 aromatic rings. The van der Waals surface area contributed by atoms with E-state index in [-0.39, 0.29) is 5.78 Å². The summed E-state index contributed by atoms with van der Waals surface area (Å²) >= 11 is 1.45. The highest BCUT2D eigenvalue weighted by atomic mass is 32.1. The van der Waals surface area contributed by atoms with E-state index in [0.717, 1.165) is 27.0 Å². The maximum atomic E-state index is 12.5. The van der Waals surface area contributed by atoms with Crippen LogP contribution in [0.15, 0.2) is 72.4 Å². The predicted molar refractivity (Wildman–Crippen MR) is 92.7 cm³/mol. The van der Waals surface area contributed by atoms with E-state index in [9.17, 15) is 4.79 Å². The molecule has 0 radical (unpaired) electrons. The summed E-state index contributed by atoms with van der Waals surface area (Å²) in [5, 5.41) is 2.85. The minimum absolute atomic E-state index is 0.0294. The number of rotatable bonds is 3. The lowest BCUT2D eigenvalue weighted by molar-refractivity contribution is 0.104. The summed E-state index contributed by atoms with van der Waals surface area (Å²) < 4.78 is 0.